The molecule has 92 valence electrons. The van der Waals surface area contributed by atoms with Crippen molar-refractivity contribution in [3.8, 4) is 11.3 Å². The van der Waals surface area contributed by atoms with Crippen LogP contribution in [0.1, 0.15) is 26.0 Å². The largest absolute Gasteiger partial charge is 1.00 e. The highest BCUT2D eigenvalue weighted by Gasteiger charge is 2.07. The number of hydrogen-bond acceptors (Lipinski definition) is 2. The molecule has 0 aliphatic rings. The lowest BCUT2D eigenvalue weighted by molar-refractivity contribution is -0.696. The molecule has 0 aliphatic carbocycles. The van der Waals surface area contributed by atoms with Crippen LogP contribution in [0, 0.1) is 0 Å². The maximum Gasteiger partial charge on any atom is 0.169 e. The smallest absolute Gasteiger partial charge is 0.169 e. The van der Waals surface area contributed by atoms with Crippen LogP contribution in [0.2, 0.25) is 0 Å². The van der Waals surface area contributed by atoms with Gasteiger partial charge in [0.25, 0.3) is 0 Å². The van der Waals surface area contributed by atoms with Crippen LogP contribution in [-0.2, 0) is 13.0 Å². The van der Waals surface area contributed by atoms with Crippen molar-refractivity contribution in [2.24, 2.45) is 0 Å². The first-order valence-electron chi connectivity index (χ1n) is 5.78. The van der Waals surface area contributed by atoms with E-state index in [0.717, 1.165) is 36.4 Å². The third kappa shape index (κ3) is 3.40. The molecule has 2 aromatic rings. The van der Waals surface area contributed by atoms with Gasteiger partial charge in [0.2, 0.25) is 0 Å². The van der Waals surface area contributed by atoms with Crippen molar-refractivity contribution in [3.63, 3.8) is 0 Å². The van der Waals surface area contributed by atoms with E-state index in [0.29, 0.717) is 0 Å². The molecule has 0 unspecified atom stereocenters. The molecule has 3 nitrogen and oxygen atoms in total. The molecule has 2 heterocycles. The SMILES string of the molecule is CCC[n+]1ccc(-c2cc(CC)no2)cc1.[Br-]. The fraction of sp³-hybridized carbons (Fsp3) is 0.385. The fourth-order valence-electron chi connectivity index (χ4n) is 1.64. The molecule has 0 saturated carbocycles. The Morgan fingerprint density at radius 2 is 1.94 bits per heavy atom. The van der Waals surface area contributed by atoms with E-state index in [9.17, 15) is 0 Å². The minimum atomic E-state index is 0. The number of nitrogens with zero attached hydrogens (tertiary/aromatic N) is 2. The van der Waals surface area contributed by atoms with Gasteiger partial charge >= 0.3 is 0 Å². The first-order chi connectivity index (χ1) is 7.83. The van der Waals surface area contributed by atoms with Gasteiger partial charge < -0.3 is 21.5 Å². The monoisotopic (exact) mass is 296 g/mol. The van der Waals surface area contributed by atoms with Crippen molar-refractivity contribution in [3.05, 3.63) is 36.3 Å². The van der Waals surface area contributed by atoms with Gasteiger partial charge in [0, 0.05) is 30.2 Å². The van der Waals surface area contributed by atoms with Crippen LogP contribution in [0.25, 0.3) is 11.3 Å². The molecule has 0 bridgehead atoms. The molecule has 2 aromatic heterocycles. The third-order valence-electron chi connectivity index (χ3n) is 2.58. The predicted octanol–water partition coefficient (Wildman–Crippen LogP) is -0.394. The first kappa shape index (κ1) is 13.9. The van der Waals surface area contributed by atoms with E-state index in [-0.39, 0.29) is 17.0 Å². The zero-order valence-electron chi connectivity index (χ0n) is 10.2. The molecular weight excluding hydrogens is 280 g/mol. The maximum absolute atomic E-state index is 5.28. The zero-order chi connectivity index (χ0) is 11.4. The van der Waals surface area contributed by atoms with Crippen LogP contribution in [0.15, 0.2) is 35.1 Å². The van der Waals surface area contributed by atoms with Gasteiger partial charge in [-0.15, -0.1) is 0 Å². The minimum Gasteiger partial charge on any atom is -1.00 e. The molecule has 0 amide bonds. The molecule has 0 fully saturated rings. The van der Waals surface area contributed by atoms with E-state index in [2.05, 4.69) is 48.1 Å². The number of aryl methyl sites for hydroxylation is 2. The van der Waals surface area contributed by atoms with E-state index < -0.39 is 0 Å². The van der Waals surface area contributed by atoms with E-state index in [4.69, 9.17) is 4.52 Å². The highest BCUT2D eigenvalue weighted by Crippen LogP contribution is 2.18. The van der Waals surface area contributed by atoms with Crippen LogP contribution in [-0.4, -0.2) is 5.16 Å². The lowest BCUT2D eigenvalue weighted by Crippen LogP contribution is -3.00. The number of halogens is 1. The van der Waals surface area contributed by atoms with Crippen LogP contribution in [0.3, 0.4) is 0 Å². The summed E-state index contributed by atoms with van der Waals surface area (Å²) >= 11 is 0. The third-order valence-corrected chi connectivity index (χ3v) is 2.58. The Kier molecular flexibility index (Phi) is 5.35. The van der Waals surface area contributed by atoms with Crippen molar-refractivity contribution in [1.82, 2.24) is 5.16 Å². The second-order valence-electron chi connectivity index (χ2n) is 3.86. The average Bonchev–Trinajstić information content (AvgIpc) is 2.79. The van der Waals surface area contributed by atoms with Gasteiger partial charge in [0.05, 0.1) is 5.69 Å². The lowest BCUT2D eigenvalue weighted by Gasteiger charge is -1.95. The van der Waals surface area contributed by atoms with Crippen molar-refractivity contribution in [1.29, 1.82) is 0 Å². The van der Waals surface area contributed by atoms with Crippen molar-refractivity contribution >= 4 is 0 Å². The van der Waals surface area contributed by atoms with Crippen LogP contribution in [0.4, 0.5) is 0 Å². The van der Waals surface area contributed by atoms with E-state index in [1.165, 1.54) is 0 Å². The number of aromatic nitrogens is 2. The highest BCUT2D eigenvalue weighted by molar-refractivity contribution is 5.55. The summed E-state index contributed by atoms with van der Waals surface area (Å²) in [5.74, 6) is 0.848. The quantitative estimate of drug-likeness (QED) is 0.719. The van der Waals surface area contributed by atoms with Gasteiger partial charge in [-0.2, -0.15) is 0 Å². The standard InChI is InChI=1S/C13H17N2O.BrH/c1-3-7-15-8-5-11(6-9-15)13-10-12(4-2)14-16-13;/h5-6,8-10H,3-4,7H2,1-2H3;1H/q+1;/p-1. The van der Waals surface area contributed by atoms with Gasteiger partial charge in [0.1, 0.15) is 6.54 Å². The van der Waals surface area contributed by atoms with Crippen molar-refractivity contribution in [2.75, 3.05) is 0 Å². The Bertz CT molecular complexity index is 451. The molecule has 0 atom stereocenters. The molecule has 0 aromatic carbocycles. The van der Waals surface area contributed by atoms with Gasteiger partial charge in [-0.3, -0.25) is 0 Å². The molecule has 0 radical (unpaired) electrons. The molecule has 0 saturated heterocycles. The summed E-state index contributed by atoms with van der Waals surface area (Å²) in [5.41, 5.74) is 2.08. The second-order valence-corrected chi connectivity index (χ2v) is 3.86. The van der Waals surface area contributed by atoms with Crippen LogP contribution < -0.4 is 21.5 Å². The molecule has 0 aliphatic heterocycles. The second kappa shape index (κ2) is 6.55. The first-order valence-corrected chi connectivity index (χ1v) is 5.78. The summed E-state index contributed by atoms with van der Waals surface area (Å²) in [6.45, 7) is 5.30. The predicted molar refractivity (Wildman–Crippen MR) is 61.8 cm³/mol. The summed E-state index contributed by atoms with van der Waals surface area (Å²) in [6.07, 6.45) is 6.21. The molecule has 17 heavy (non-hydrogen) atoms. The molecule has 2 rings (SSSR count). The van der Waals surface area contributed by atoms with E-state index in [1.807, 2.05) is 6.07 Å². The summed E-state index contributed by atoms with van der Waals surface area (Å²) in [4.78, 5) is 0. The van der Waals surface area contributed by atoms with E-state index >= 15 is 0 Å². The van der Waals surface area contributed by atoms with Gasteiger partial charge in [-0.25, -0.2) is 4.57 Å². The normalized spacial score (nSPS) is 10.0. The van der Waals surface area contributed by atoms with Gasteiger partial charge in [-0.05, 0) is 6.42 Å². The van der Waals surface area contributed by atoms with Crippen LogP contribution in [0.5, 0.6) is 0 Å². The zero-order valence-corrected chi connectivity index (χ0v) is 11.8. The van der Waals surface area contributed by atoms with Gasteiger partial charge in [0.15, 0.2) is 18.2 Å². The van der Waals surface area contributed by atoms with E-state index in [1.54, 1.807) is 0 Å². The van der Waals surface area contributed by atoms with Crippen molar-refractivity contribution < 1.29 is 26.1 Å². The molecule has 0 N–H and O–H groups in total. The Hall–Kier alpha value is -1.16. The highest BCUT2D eigenvalue weighted by atomic mass is 79.9. The Morgan fingerprint density at radius 3 is 2.47 bits per heavy atom. The number of hydrogen-bond donors (Lipinski definition) is 0. The number of pyridine rings is 1. The molecular formula is C13H17BrN2O. The summed E-state index contributed by atoms with van der Waals surface area (Å²) in [5, 5.41) is 3.99. The minimum absolute atomic E-state index is 0. The summed E-state index contributed by atoms with van der Waals surface area (Å²) in [7, 11) is 0. The van der Waals surface area contributed by atoms with Crippen molar-refractivity contribution in [2.45, 2.75) is 33.2 Å². The Labute approximate surface area is 112 Å². The lowest BCUT2D eigenvalue weighted by atomic mass is 10.2. The number of rotatable bonds is 4. The fourth-order valence-corrected chi connectivity index (χ4v) is 1.64. The van der Waals surface area contributed by atoms with Crippen LogP contribution >= 0.6 is 0 Å². The topological polar surface area (TPSA) is 29.9 Å². The van der Waals surface area contributed by atoms with Gasteiger partial charge in [-0.1, -0.05) is 19.0 Å². The summed E-state index contributed by atoms with van der Waals surface area (Å²) < 4.78 is 7.45. The average molecular weight is 297 g/mol. The Balaban J connectivity index is 0.00000144. The molecule has 4 heteroatoms. The molecule has 0 spiro atoms. The summed E-state index contributed by atoms with van der Waals surface area (Å²) in [6, 6.07) is 6.13. The Morgan fingerprint density at radius 1 is 1.24 bits per heavy atom. The maximum atomic E-state index is 5.28.